The van der Waals surface area contributed by atoms with Gasteiger partial charge in [0.1, 0.15) is 0 Å². The smallest absolute Gasteiger partial charge is 0.340 e. The van der Waals surface area contributed by atoms with Crippen molar-refractivity contribution in [2.24, 2.45) is 0 Å². The molecule has 0 fully saturated rings. The lowest BCUT2D eigenvalue weighted by Crippen LogP contribution is -1.96. The third-order valence-corrected chi connectivity index (χ3v) is 1.61. The van der Waals surface area contributed by atoms with Crippen LogP contribution in [0.15, 0.2) is 24.3 Å². The number of rotatable bonds is 1. The second kappa shape index (κ2) is 3.49. The molecule has 1 atom stereocenters. The van der Waals surface area contributed by atoms with E-state index in [0.29, 0.717) is 5.56 Å². The lowest BCUT2D eigenvalue weighted by atomic mass is 10.2. The van der Waals surface area contributed by atoms with E-state index < -0.39 is 0 Å². The highest BCUT2D eigenvalue weighted by atomic mass is 31.0. The van der Waals surface area contributed by atoms with Crippen molar-refractivity contribution < 1.29 is 9.32 Å². The fraction of sp³-hybridized carbons (Fsp3) is 0.125. The fourth-order valence-electron chi connectivity index (χ4n) is 0.758. The van der Waals surface area contributed by atoms with Crippen LogP contribution in [0.5, 0.6) is 0 Å². The minimum Gasteiger partial charge on any atom is -0.448 e. The number of hydrogen-bond donors (Lipinski definition) is 0. The monoisotopic (exact) mass is 168 g/mol. The maximum atomic E-state index is 10.9. The molecule has 0 saturated carbocycles. The Balaban J connectivity index is 2.90. The van der Waals surface area contributed by atoms with Crippen LogP contribution in [-0.4, -0.2) is 5.97 Å². The lowest BCUT2D eigenvalue weighted by molar-refractivity contribution is 0.0765. The van der Waals surface area contributed by atoms with E-state index in [2.05, 4.69) is 4.52 Å². The highest BCUT2D eigenvalue weighted by Crippen LogP contribution is 2.05. The van der Waals surface area contributed by atoms with Gasteiger partial charge >= 0.3 is 5.97 Å². The molecule has 58 valence electrons. The summed E-state index contributed by atoms with van der Waals surface area (Å²) in [6.45, 7) is 1.97. The third kappa shape index (κ3) is 2.02. The molecule has 1 aromatic carbocycles. The molecule has 0 saturated heterocycles. The molecular weight excluding hydrogens is 159 g/mol. The second-order valence-electron chi connectivity index (χ2n) is 2.27. The van der Waals surface area contributed by atoms with E-state index in [9.17, 15) is 4.79 Å². The molecule has 0 aliphatic carbocycles. The van der Waals surface area contributed by atoms with Crippen LogP contribution in [0.2, 0.25) is 0 Å². The van der Waals surface area contributed by atoms with Gasteiger partial charge in [0, 0.05) is 0 Å². The van der Waals surface area contributed by atoms with Gasteiger partial charge in [0.05, 0.1) is 15.0 Å². The second-order valence-corrected chi connectivity index (χ2v) is 2.51. The molecule has 11 heavy (non-hydrogen) atoms. The Hall–Kier alpha value is -0.880. The standard InChI is InChI=1S/C8H9O2P/c1-6-2-4-7(5-3-6)8(9)10-11/h2-5H,11H2,1H3. The fourth-order valence-corrected chi connectivity index (χ4v) is 0.894. The normalized spacial score (nSPS) is 9.27. The average molecular weight is 168 g/mol. The van der Waals surface area contributed by atoms with E-state index in [4.69, 9.17) is 0 Å². The minimum atomic E-state index is -0.324. The highest BCUT2D eigenvalue weighted by molar-refractivity contribution is 7.10. The summed E-state index contributed by atoms with van der Waals surface area (Å²) in [6, 6.07) is 7.22. The summed E-state index contributed by atoms with van der Waals surface area (Å²) in [7, 11) is 1.93. The summed E-state index contributed by atoms with van der Waals surface area (Å²) >= 11 is 0. The molecule has 1 aromatic rings. The van der Waals surface area contributed by atoms with Crippen molar-refractivity contribution in [3.8, 4) is 0 Å². The zero-order valence-corrected chi connectivity index (χ0v) is 7.36. The van der Waals surface area contributed by atoms with E-state index in [1.807, 2.05) is 28.5 Å². The van der Waals surface area contributed by atoms with Gasteiger partial charge in [0.2, 0.25) is 0 Å². The topological polar surface area (TPSA) is 26.3 Å². The Labute approximate surface area is 67.9 Å². The maximum absolute atomic E-state index is 10.9. The van der Waals surface area contributed by atoms with Crippen molar-refractivity contribution in [2.45, 2.75) is 6.92 Å². The predicted octanol–water partition coefficient (Wildman–Crippen LogP) is 1.94. The van der Waals surface area contributed by atoms with Gasteiger partial charge in [-0.05, 0) is 19.1 Å². The summed E-state index contributed by atoms with van der Waals surface area (Å²) in [5.41, 5.74) is 1.70. The van der Waals surface area contributed by atoms with Crippen LogP contribution in [0.4, 0.5) is 0 Å². The van der Waals surface area contributed by atoms with Crippen molar-refractivity contribution in [1.29, 1.82) is 0 Å². The van der Waals surface area contributed by atoms with Gasteiger partial charge in [-0.3, -0.25) is 0 Å². The number of benzene rings is 1. The molecule has 0 heterocycles. The SMILES string of the molecule is Cc1ccc(C(=O)OP)cc1. The zero-order valence-electron chi connectivity index (χ0n) is 6.20. The first-order valence-corrected chi connectivity index (χ1v) is 3.69. The molecule has 0 N–H and O–H groups in total. The van der Waals surface area contributed by atoms with Crippen LogP contribution in [0, 0.1) is 6.92 Å². The van der Waals surface area contributed by atoms with Crippen molar-refractivity contribution >= 4 is 15.4 Å². The Morgan fingerprint density at radius 3 is 2.36 bits per heavy atom. The first-order valence-electron chi connectivity index (χ1n) is 3.22. The molecule has 0 aliphatic rings. The zero-order chi connectivity index (χ0) is 8.27. The summed E-state index contributed by atoms with van der Waals surface area (Å²) in [6.07, 6.45) is 0. The highest BCUT2D eigenvalue weighted by Gasteiger charge is 2.02. The van der Waals surface area contributed by atoms with Gasteiger partial charge in [-0.25, -0.2) is 4.79 Å². The number of aryl methyl sites for hydroxylation is 1. The summed E-state index contributed by atoms with van der Waals surface area (Å²) in [5.74, 6) is -0.324. The first-order chi connectivity index (χ1) is 5.24. The van der Waals surface area contributed by atoms with Crippen LogP contribution >= 0.6 is 9.47 Å². The quantitative estimate of drug-likeness (QED) is 0.599. The maximum Gasteiger partial charge on any atom is 0.340 e. The Morgan fingerprint density at radius 2 is 1.91 bits per heavy atom. The Bertz CT molecular complexity index is 253. The van der Waals surface area contributed by atoms with E-state index >= 15 is 0 Å². The molecule has 2 nitrogen and oxygen atoms in total. The van der Waals surface area contributed by atoms with Gasteiger partial charge in [-0.1, -0.05) is 17.7 Å². The van der Waals surface area contributed by atoms with Crippen molar-refractivity contribution in [1.82, 2.24) is 0 Å². The molecule has 1 unspecified atom stereocenters. The lowest BCUT2D eigenvalue weighted by Gasteiger charge is -1.97. The van der Waals surface area contributed by atoms with Crippen molar-refractivity contribution in [3.05, 3.63) is 35.4 Å². The molecule has 0 aromatic heterocycles. The van der Waals surface area contributed by atoms with E-state index in [1.54, 1.807) is 12.1 Å². The molecule has 0 amide bonds. The van der Waals surface area contributed by atoms with E-state index in [1.165, 1.54) is 0 Å². The molecule has 0 bridgehead atoms. The summed E-state index contributed by atoms with van der Waals surface area (Å²) in [4.78, 5) is 10.9. The minimum absolute atomic E-state index is 0.324. The van der Waals surface area contributed by atoms with Gasteiger partial charge in [-0.15, -0.1) is 0 Å². The van der Waals surface area contributed by atoms with Crippen LogP contribution in [-0.2, 0) is 4.52 Å². The average Bonchev–Trinajstić information content (AvgIpc) is 2.05. The first kappa shape index (κ1) is 8.22. The van der Waals surface area contributed by atoms with Gasteiger partial charge in [0.25, 0.3) is 0 Å². The molecule has 1 rings (SSSR count). The molecule has 0 spiro atoms. The van der Waals surface area contributed by atoms with Gasteiger partial charge in [0.15, 0.2) is 0 Å². The Morgan fingerprint density at radius 1 is 1.36 bits per heavy atom. The van der Waals surface area contributed by atoms with Crippen LogP contribution in [0.3, 0.4) is 0 Å². The molecule has 3 heteroatoms. The largest absolute Gasteiger partial charge is 0.448 e. The number of carbonyl (C=O) groups excluding carboxylic acids is 1. The molecule has 0 radical (unpaired) electrons. The van der Waals surface area contributed by atoms with E-state index in [0.717, 1.165) is 5.56 Å². The van der Waals surface area contributed by atoms with Crippen molar-refractivity contribution in [2.75, 3.05) is 0 Å². The molecular formula is C8H9O2P. The van der Waals surface area contributed by atoms with Crippen molar-refractivity contribution in [3.63, 3.8) is 0 Å². The predicted molar refractivity (Wildman–Crippen MR) is 46.3 cm³/mol. The number of hydrogen-bond acceptors (Lipinski definition) is 2. The van der Waals surface area contributed by atoms with Crippen LogP contribution in [0.25, 0.3) is 0 Å². The van der Waals surface area contributed by atoms with E-state index in [-0.39, 0.29) is 5.97 Å². The Kier molecular flexibility index (Phi) is 2.61. The van der Waals surface area contributed by atoms with Gasteiger partial charge in [-0.2, -0.15) is 0 Å². The van der Waals surface area contributed by atoms with Gasteiger partial charge < -0.3 is 4.52 Å². The summed E-state index contributed by atoms with van der Waals surface area (Å²) in [5, 5.41) is 0. The molecule has 0 aliphatic heterocycles. The summed E-state index contributed by atoms with van der Waals surface area (Å²) < 4.78 is 4.45. The van der Waals surface area contributed by atoms with Crippen LogP contribution in [0.1, 0.15) is 15.9 Å². The number of carbonyl (C=O) groups is 1. The van der Waals surface area contributed by atoms with Crippen LogP contribution < -0.4 is 0 Å². The third-order valence-electron chi connectivity index (χ3n) is 1.39.